The molecule has 1 aromatic heterocycles. The maximum atomic E-state index is 11.9. The molecule has 142 valence electrons. The number of nitrogens with one attached hydrogen (secondary N) is 3. The summed E-state index contributed by atoms with van der Waals surface area (Å²) in [7, 11) is 1.89. The largest absolute Gasteiger partial charge is 0.444 e. The van der Waals surface area contributed by atoms with Crippen LogP contribution in [0.5, 0.6) is 0 Å². The Labute approximate surface area is 150 Å². The van der Waals surface area contributed by atoms with E-state index in [4.69, 9.17) is 4.74 Å². The maximum Gasteiger partial charge on any atom is 0.408 e. The molecule has 1 amide bonds. The molecule has 8 nitrogen and oxygen atoms in total. The number of carbonyl (C=O) groups is 1. The first kappa shape index (κ1) is 20.8. The summed E-state index contributed by atoms with van der Waals surface area (Å²) in [6.45, 7) is 13.1. The van der Waals surface area contributed by atoms with Gasteiger partial charge in [0.2, 0.25) is 0 Å². The van der Waals surface area contributed by atoms with Crippen molar-refractivity contribution in [1.82, 2.24) is 25.7 Å². The van der Waals surface area contributed by atoms with Crippen LogP contribution in [0.2, 0.25) is 0 Å². The molecule has 1 aromatic rings. The van der Waals surface area contributed by atoms with E-state index in [-0.39, 0.29) is 0 Å². The third-order valence-corrected chi connectivity index (χ3v) is 3.20. The van der Waals surface area contributed by atoms with Crippen molar-refractivity contribution in [2.24, 2.45) is 12.0 Å². The second-order valence-electron chi connectivity index (χ2n) is 7.51. The van der Waals surface area contributed by atoms with Gasteiger partial charge in [-0.2, -0.15) is 5.10 Å². The fourth-order valence-corrected chi connectivity index (χ4v) is 1.99. The molecule has 0 atom stereocenters. The van der Waals surface area contributed by atoms with Crippen molar-refractivity contribution >= 4 is 12.1 Å². The number of ether oxygens (including phenoxy) is 1. The summed E-state index contributed by atoms with van der Waals surface area (Å²) in [6.07, 6.45) is 1.31. The van der Waals surface area contributed by atoms with Gasteiger partial charge < -0.3 is 20.7 Å². The van der Waals surface area contributed by atoms with E-state index in [1.807, 2.05) is 54.7 Å². The van der Waals surface area contributed by atoms with E-state index in [2.05, 4.69) is 26.0 Å². The number of hydrogen-bond donors (Lipinski definition) is 3. The van der Waals surface area contributed by atoms with Gasteiger partial charge in [-0.25, -0.2) is 9.79 Å². The SMILES string of the molecule is CCNC(=NCc1ccnn1C)NCC(C)(C)NC(=O)OC(C)(C)C. The van der Waals surface area contributed by atoms with Crippen molar-refractivity contribution in [2.45, 2.75) is 59.2 Å². The predicted molar refractivity (Wildman–Crippen MR) is 99.5 cm³/mol. The number of rotatable bonds is 6. The number of carbonyl (C=O) groups excluding carboxylic acids is 1. The van der Waals surface area contributed by atoms with Crippen LogP contribution in [0.1, 0.15) is 47.2 Å². The number of aryl methyl sites for hydroxylation is 1. The van der Waals surface area contributed by atoms with Gasteiger partial charge >= 0.3 is 6.09 Å². The smallest absolute Gasteiger partial charge is 0.408 e. The highest BCUT2D eigenvalue weighted by Gasteiger charge is 2.24. The maximum absolute atomic E-state index is 11.9. The molecule has 0 aliphatic heterocycles. The Morgan fingerprint density at radius 1 is 1.28 bits per heavy atom. The van der Waals surface area contributed by atoms with Crippen molar-refractivity contribution in [2.75, 3.05) is 13.1 Å². The summed E-state index contributed by atoms with van der Waals surface area (Å²) in [5, 5.41) is 13.4. The van der Waals surface area contributed by atoms with Crippen molar-refractivity contribution in [3.05, 3.63) is 18.0 Å². The zero-order valence-electron chi connectivity index (χ0n) is 16.4. The highest BCUT2D eigenvalue weighted by molar-refractivity contribution is 5.80. The molecule has 0 fully saturated rings. The minimum Gasteiger partial charge on any atom is -0.444 e. The second-order valence-corrected chi connectivity index (χ2v) is 7.51. The normalized spacial score (nSPS) is 12.7. The van der Waals surface area contributed by atoms with Gasteiger partial charge in [-0.1, -0.05) is 0 Å². The topological polar surface area (TPSA) is 92.6 Å². The molecule has 0 bridgehead atoms. The van der Waals surface area contributed by atoms with E-state index >= 15 is 0 Å². The highest BCUT2D eigenvalue weighted by Crippen LogP contribution is 2.09. The Balaban J connectivity index is 2.60. The van der Waals surface area contributed by atoms with Gasteiger partial charge in [-0.15, -0.1) is 0 Å². The van der Waals surface area contributed by atoms with E-state index in [0.29, 0.717) is 19.0 Å². The van der Waals surface area contributed by atoms with Gasteiger partial charge in [0.25, 0.3) is 0 Å². The van der Waals surface area contributed by atoms with Gasteiger partial charge in [0.1, 0.15) is 5.60 Å². The Bertz CT molecular complexity index is 586. The van der Waals surface area contributed by atoms with Crippen molar-refractivity contribution in [3.8, 4) is 0 Å². The number of nitrogens with zero attached hydrogens (tertiary/aromatic N) is 3. The van der Waals surface area contributed by atoms with Crippen LogP contribution in [0.15, 0.2) is 17.3 Å². The molecular weight excluding hydrogens is 320 g/mol. The van der Waals surface area contributed by atoms with Crippen LogP contribution in [0, 0.1) is 0 Å². The van der Waals surface area contributed by atoms with Crippen LogP contribution >= 0.6 is 0 Å². The van der Waals surface area contributed by atoms with Gasteiger partial charge in [-0.3, -0.25) is 4.68 Å². The summed E-state index contributed by atoms with van der Waals surface area (Å²) in [5.41, 5.74) is 0.00124. The summed E-state index contributed by atoms with van der Waals surface area (Å²) in [5.74, 6) is 0.683. The molecule has 0 aliphatic rings. The average Bonchev–Trinajstić information content (AvgIpc) is 2.84. The fraction of sp³-hybridized carbons (Fsp3) is 0.706. The van der Waals surface area contributed by atoms with Crippen molar-refractivity contribution in [3.63, 3.8) is 0 Å². The average molecular weight is 352 g/mol. The number of aliphatic imine (C=N–C) groups is 1. The monoisotopic (exact) mass is 352 g/mol. The zero-order chi connectivity index (χ0) is 19.1. The second kappa shape index (κ2) is 8.73. The lowest BCUT2D eigenvalue weighted by molar-refractivity contribution is 0.0474. The molecule has 0 aliphatic carbocycles. The van der Waals surface area contributed by atoms with E-state index in [9.17, 15) is 4.79 Å². The first-order valence-electron chi connectivity index (χ1n) is 8.52. The number of hydrogen-bond acceptors (Lipinski definition) is 4. The first-order valence-corrected chi connectivity index (χ1v) is 8.52. The molecule has 0 aromatic carbocycles. The summed E-state index contributed by atoms with van der Waals surface area (Å²) in [4.78, 5) is 16.5. The summed E-state index contributed by atoms with van der Waals surface area (Å²) < 4.78 is 7.10. The van der Waals surface area contributed by atoms with Gasteiger partial charge in [0, 0.05) is 26.3 Å². The van der Waals surface area contributed by atoms with Crippen LogP contribution in [0.25, 0.3) is 0 Å². The van der Waals surface area contributed by atoms with E-state index < -0.39 is 17.2 Å². The molecular formula is C17H32N6O2. The summed E-state index contributed by atoms with van der Waals surface area (Å²) in [6, 6.07) is 1.93. The third-order valence-electron chi connectivity index (χ3n) is 3.20. The van der Waals surface area contributed by atoms with Gasteiger partial charge in [0.05, 0.1) is 17.8 Å². The molecule has 1 heterocycles. The molecule has 25 heavy (non-hydrogen) atoms. The van der Waals surface area contributed by atoms with E-state index in [0.717, 1.165) is 12.2 Å². The Morgan fingerprint density at radius 2 is 1.96 bits per heavy atom. The van der Waals surface area contributed by atoms with E-state index in [1.165, 1.54) is 0 Å². The number of aromatic nitrogens is 2. The lowest BCUT2D eigenvalue weighted by Gasteiger charge is -2.29. The van der Waals surface area contributed by atoms with Crippen molar-refractivity contribution < 1.29 is 9.53 Å². The number of alkyl carbamates (subject to hydrolysis) is 1. The van der Waals surface area contributed by atoms with Crippen LogP contribution < -0.4 is 16.0 Å². The highest BCUT2D eigenvalue weighted by atomic mass is 16.6. The van der Waals surface area contributed by atoms with Crippen LogP contribution in [-0.4, -0.2) is 46.1 Å². The quantitative estimate of drug-likeness (QED) is 0.536. The predicted octanol–water partition coefficient (Wildman–Crippen LogP) is 1.78. The van der Waals surface area contributed by atoms with Gasteiger partial charge in [-0.05, 0) is 47.6 Å². The Kier molecular flexibility index (Phi) is 7.26. The molecule has 0 spiro atoms. The minimum atomic E-state index is -0.521. The molecule has 0 saturated heterocycles. The van der Waals surface area contributed by atoms with Gasteiger partial charge in [0.15, 0.2) is 5.96 Å². The van der Waals surface area contributed by atoms with Crippen LogP contribution in [0.3, 0.4) is 0 Å². The molecule has 0 saturated carbocycles. The molecule has 0 radical (unpaired) electrons. The van der Waals surface area contributed by atoms with Crippen LogP contribution in [0.4, 0.5) is 4.79 Å². The first-order chi connectivity index (χ1) is 11.5. The van der Waals surface area contributed by atoms with E-state index in [1.54, 1.807) is 10.9 Å². The fourth-order valence-electron chi connectivity index (χ4n) is 1.99. The molecule has 8 heteroatoms. The third kappa shape index (κ3) is 8.42. The Hall–Kier alpha value is -2.25. The van der Waals surface area contributed by atoms with Crippen LogP contribution in [-0.2, 0) is 18.3 Å². The number of amides is 1. The standard InChI is InChI=1S/C17H32N6O2/c1-8-18-14(19-11-13-9-10-21-23(13)7)20-12-17(5,6)22-15(24)25-16(2,3)4/h9-10H,8,11-12H2,1-7H3,(H,22,24)(H2,18,19,20). The molecule has 3 N–H and O–H groups in total. The number of guanidine groups is 1. The Morgan fingerprint density at radius 3 is 2.48 bits per heavy atom. The summed E-state index contributed by atoms with van der Waals surface area (Å²) >= 11 is 0. The zero-order valence-corrected chi connectivity index (χ0v) is 16.4. The lowest BCUT2D eigenvalue weighted by atomic mass is 10.1. The van der Waals surface area contributed by atoms with Crippen molar-refractivity contribution in [1.29, 1.82) is 0 Å². The molecule has 0 unspecified atom stereocenters. The minimum absolute atomic E-state index is 0.434. The molecule has 1 rings (SSSR count). The lowest BCUT2D eigenvalue weighted by Crippen LogP contribution is -2.54.